The smallest absolute Gasteiger partial charge is 0.222 e. The van der Waals surface area contributed by atoms with Gasteiger partial charge in [0.2, 0.25) is 5.91 Å². The van der Waals surface area contributed by atoms with E-state index in [2.05, 4.69) is 44.7 Å². The van der Waals surface area contributed by atoms with Crippen molar-refractivity contribution >= 4 is 16.9 Å². The number of imidazole rings is 1. The fourth-order valence-corrected chi connectivity index (χ4v) is 2.58. The lowest BCUT2D eigenvalue weighted by Gasteiger charge is -2.22. The number of tetrazole rings is 1. The first-order chi connectivity index (χ1) is 11.7. The molecule has 2 atom stereocenters. The van der Waals surface area contributed by atoms with Crippen molar-refractivity contribution in [3.05, 3.63) is 36.4 Å². The molecule has 0 fully saturated rings. The first-order valence-electron chi connectivity index (χ1n) is 8.12. The average molecular weight is 327 g/mol. The van der Waals surface area contributed by atoms with Gasteiger partial charge < -0.3 is 10.3 Å². The van der Waals surface area contributed by atoms with Gasteiger partial charge in [0.1, 0.15) is 12.2 Å². The Morgan fingerprint density at radius 1 is 1.38 bits per heavy atom. The minimum absolute atomic E-state index is 0.0451. The highest BCUT2D eigenvalue weighted by molar-refractivity contribution is 5.77. The van der Waals surface area contributed by atoms with Crippen molar-refractivity contribution in [3.63, 3.8) is 0 Å². The summed E-state index contributed by atoms with van der Waals surface area (Å²) in [5.74, 6) is 1.01. The Morgan fingerprint density at radius 3 is 2.92 bits per heavy atom. The van der Waals surface area contributed by atoms with Crippen LogP contribution in [0.1, 0.15) is 38.6 Å². The van der Waals surface area contributed by atoms with Gasteiger partial charge in [0.05, 0.1) is 23.6 Å². The molecular weight excluding hydrogens is 306 g/mol. The van der Waals surface area contributed by atoms with Crippen LogP contribution in [0.4, 0.5) is 0 Å². The molecule has 0 saturated heterocycles. The third kappa shape index (κ3) is 3.58. The van der Waals surface area contributed by atoms with Crippen molar-refractivity contribution in [1.29, 1.82) is 0 Å². The molecule has 0 radical (unpaired) electrons. The van der Waals surface area contributed by atoms with Gasteiger partial charge in [-0.2, -0.15) is 0 Å². The SMILES string of the molecule is CC[C@H](C)[C@@H](NC(=O)CCn1cnnn1)c1nc2ccccc2[nH]1. The summed E-state index contributed by atoms with van der Waals surface area (Å²) >= 11 is 0. The molecule has 126 valence electrons. The van der Waals surface area contributed by atoms with Crippen LogP contribution in [0.25, 0.3) is 11.0 Å². The number of hydrogen-bond donors (Lipinski definition) is 2. The van der Waals surface area contributed by atoms with Crippen LogP contribution in [0.15, 0.2) is 30.6 Å². The van der Waals surface area contributed by atoms with Crippen LogP contribution in [0, 0.1) is 5.92 Å². The van der Waals surface area contributed by atoms with E-state index in [-0.39, 0.29) is 17.9 Å². The highest BCUT2D eigenvalue weighted by atomic mass is 16.1. The number of aryl methyl sites for hydroxylation is 1. The van der Waals surface area contributed by atoms with Gasteiger partial charge in [0.15, 0.2) is 0 Å². The molecule has 0 aliphatic rings. The van der Waals surface area contributed by atoms with Gasteiger partial charge in [-0.25, -0.2) is 9.67 Å². The molecule has 2 aromatic heterocycles. The van der Waals surface area contributed by atoms with Crippen LogP contribution in [0.3, 0.4) is 0 Å². The van der Waals surface area contributed by atoms with Crippen LogP contribution in [0.5, 0.6) is 0 Å². The summed E-state index contributed by atoms with van der Waals surface area (Å²) in [6, 6.07) is 7.72. The first kappa shape index (κ1) is 16.1. The van der Waals surface area contributed by atoms with Crippen LogP contribution < -0.4 is 5.32 Å². The van der Waals surface area contributed by atoms with E-state index in [1.807, 2.05) is 24.3 Å². The maximum atomic E-state index is 12.3. The zero-order valence-corrected chi connectivity index (χ0v) is 13.8. The Hall–Kier alpha value is -2.77. The molecule has 0 spiro atoms. The molecule has 3 rings (SSSR count). The number of fused-ring (bicyclic) bond motifs is 1. The molecule has 24 heavy (non-hydrogen) atoms. The lowest BCUT2D eigenvalue weighted by atomic mass is 9.98. The minimum Gasteiger partial charge on any atom is -0.346 e. The van der Waals surface area contributed by atoms with Gasteiger partial charge in [-0.1, -0.05) is 32.4 Å². The predicted molar refractivity (Wildman–Crippen MR) is 88.9 cm³/mol. The summed E-state index contributed by atoms with van der Waals surface area (Å²) < 4.78 is 1.54. The number of aromatic amines is 1. The normalized spacial score (nSPS) is 13.8. The molecule has 2 N–H and O–H groups in total. The molecule has 0 saturated carbocycles. The molecule has 0 aliphatic heterocycles. The monoisotopic (exact) mass is 327 g/mol. The highest BCUT2D eigenvalue weighted by Gasteiger charge is 2.23. The molecular formula is C16H21N7O. The lowest BCUT2D eigenvalue weighted by Crippen LogP contribution is -2.33. The van der Waals surface area contributed by atoms with Crippen molar-refractivity contribution in [2.75, 3.05) is 0 Å². The van der Waals surface area contributed by atoms with Crippen LogP contribution in [0.2, 0.25) is 0 Å². The van der Waals surface area contributed by atoms with Crippen LogP contribution in [-0.2, 0) is 11.3 Å². The van der Waals surface area contributed by atoms with Gasteiger partial charge in [-0.3, -0.25) is 4.79 Å². The Morgan fingerprint density at radius 2 is 2.21 bits per heavy atom. The van der Waals surface area contributed by atoms with E-state index in [9.17, 15) is 4.79 Å². The first-order valence-corrected chi connectivity index (χ1v) is 8.12. The summed E-state index contributed by atoms with van der Waals surface area (Å²) in [4.78, 5) is 20.3. The number of nitrogens with zero attached hydrogens (tertiary/aromatic N) is 5. The van der Waals surface area contributed by atoms with Crippen molar-refractivity contribution in [2.24, 2.45) is 5.92 Å². The van der Waals surface area contributed by atoms with E-state index in [4.69, 9.17) is 0 Å². The number of H-pyrrole nitrogens is 1. The molecule has 3 aromatic rings. The largest absolute Gasteiger partial charge is 0.346 e. The summed E-state index contributed by atoms with van der Waals surface area (Å²) in [5, 5.41) is 14.0. The van der Waals surface area contributed by atoms with E-state index >= 15 is 0 Å². The Bertz CT molecular complexity index is 763. The molecule has 8 nitrogen and oxygen atoms in total. The molecule has 0 unspecified atom stereocenters. The second-order valence-electron chi connectivity index (χ2n) is 5.89. The maximum absolute atomic E-state index is 12.3. The third-order valence-electron chi connectivity index (χ3n) is 4.19. The summed E-state index contributed by atoms with van der Waals surface area (Å²) in [6.45, 7) is 4.67. The zero-order chi connectivity index (χ0) is 16.9. The van der Waals surface area contributed by atoms with Crippen LogP contribution >= 0.6 is 0 Å². The number of carbonyl (C=O) groups is 1. The number of para-hydroxylation sites is 2. The van der Waals surface area contributed by atoms with Gasteiger partial charge in [0, 0.05) is 6.42 Å². The van der Waals surface area contributed by atoms with Gasteiger partial charge in [-0.15, -0.1) is 5.10 Å². The molecule has 8 heteroatoms. The van der Waals surface area contributed by atoms with E-state index in [1.54, 1.807) is 4.68 Å². The number of rotatable bonds is 7. The highest BCUT2D eigenvalue weighted by Crippen LogP contribution is 2.24. The molecule has 1 amide bonds. The summed E-state index contributed by atoms with van der Waals surface area (Å²) in [6.07, 6.45) is 2.76. The number of amides is 1. The average Bonchev–Trinajstić information content (AvgIpc) is 3.26. The van der Waals surface area contributed by atoms with Gasteiger partial charge >= 0.3 is 0 Å². The lowest BCUT2D eigenvalue weighted by molar-refractivity contribution is -0.122. The predicted octanol–water partition coefficient (Wildman–Crippen LogP) is 1.84. The minimum atomic E-state index is -0.149. The zero-order valence-electron chi connectivity index (χ0n) is 13.8. The molecule has 1 aromatic carbocycles. The number of nitrogens with one attached hydrogen (secondary N) is 2. The quantitative estimate of drug-likeness (QED) is 0.689. The third-order valence-corrected chi connectivity index (χ3v) is 4.19. The number of carbonyl (C=O) groups excluding carboxylic acids is 1. The molecule has 0 aliphatic carbocycles. The van der Waals surface area contributed by atoms with Crippen molar-refractivity contribution in [3.8, 4) is 0 Å². The van der Waals surface area contributed by atoms with Crippen molar-refractivity contribution < 1.29 is 4.79 Å². The number of hydrogen-bond acceptors (Lipinski definition) is 5. The fourth-order valence-electron chi connectivity index (χ4n) is 2.58. The summed E-state index contributed by atoms with van der Waals surface area (Å²) in [5.41, 5.74) is 1.88. The maximum Gasteiger partial charge on any atom is 0.222 e. The Labute approximate surface area is 139 Å². The summed E-state index contributed by atoms with van der Waals surface area (Å²) in [7, 11) is 0. The fraction of sp³-hybridized carbons (Fsp3) is 0.438. The second-order valence-corrected chi connectivity index (χ2v) is 5.89. The van der Waals surface area contributed by atoms with E-state index in [0.717, 1.165) is 23.3 Å². The Kier molecular flexibility index (Phi) is 4.83. The second kappa shape index (κ2) is 7.20. The van der Waals surface area contributed by atoms with Gasteiger partial charge in [-0.05, 0) is 28.5 Å². The van der Waals surface area contributed by atoms with Crippen LogP contribution in [-0.4, -0.2) is 36.1 Å². The standard InChI is InChI=1S/C16H21N7O/c1-3-11(2)15(16-18-12-6-4-5-7-13(12)19-16)20-14(24)8-9-23-10-17-21-22-23/h4-7,10-11,15H,3,8-9H2,1-2H3,(H,18,19)(H,20,24)/t11-,15+/m0/s1. The molecule has 2 heterocycles. The Balaban J connectivity index is 1.72. The van der Waals surface area contributed by atoms with E-state index in [0.29, 0.717) is 13.0 Å². The van der Waals surface area contributed by atoms with E-state index in [1.165, 1.54) is 6.33 Å². The van der Waals surface area contributed by atoms with Crippen molar-refractivity contribution in [1.82, 2.24) is 35.5 Å². The number of aromatic nitrogens is 6. The molecule has 0 bridgehead atoms. The number of benzene rings is 1. The van der Waals surface area contributed by atoms with E-state index < -0.39 is 0 Å². The van der Waals surface area contributed by atoms with Crippen molar-refractivity contribution in [2.45, 2.75) is 39.3 Å². The topological polar surface area (TPSA) is 101 Å². The van der Waals surface area contributed by atoms with Gasteiger partial charge in [0.25, 0.3) is 0 Å².